The zero-order valence-corrected chi connectivity index (χ0v) is 16.5. The summed E-state index contributed by atoms with van der Waals surface area (Å²) in [5, 5.41) is 5.96. The first kappa shape index (κ1) is 18.5. The number of rotatable bonds is 6. The predicted molar refractivity (Wildman–Crippen MR) is 108 cm³/mol. The van der Waals surface area contributed by atoms with Crippen LogP contribution in [0.25, 0.3) is 10.7 Å². The number of anilines is 1. The van der Waals surface area contributed by atoms with Crippen LogP contribution in [0.15, 0.2) is 46.3 Å². The number of methoxy groups -OCH3 is 1. The van der Waals surface area contributed by atoms with E-state index in [1.807, 2.05) is 40.6 Å². The van der Waals surface area contributed by atoms with E-state index in [1.54, 1.807) is 18.4 Å². The van der Waals surface area contributed by atoms with Crippen LogP contribution >= 0.6 is 11.3 Å². The Bertz CT molecular complexity index is 917. The first-order valence-electron chi connectivity index (χ1n) is 9.26. The van der Waals surface area contributed by atoms with E-state index in [2.05, 4.69) is 21.1 Å². The second-order valence-electron chi connectivity index (χ2n) is 6.56. The molecule has 8 heteroatoms. The molecule has 1 amide bonds. The van der Waals surface area contributed by atoms with Crippen LogP contribution in [0.2, 0.25) is 0 Å². The lowest BCUT2D eigenvalue weighted by atomic mass is 10.2. The molecule has 0 spiro atoms. The Labute approximate surface area is 167 Å². The Kier molecular flexibility index (Phi) is 5.57. The number of carbonyl (C=O) groups excluding carboxylic acids is 1. The number of aromatic nitrogens is 2. The summed E-state index contributed by atoms with van der Waals surface area (Å²) in [5.41, 5.74) is 1.12. The van der Waals surface area contributed by atoms with Crippen LogP contribution in [0.4, 0.5) is 5.69 Å². The second kappa shape index (κ2) is 8.43. The zero-order valence-electron chi connectivity index (χ0n) is 15.7. The Balaban J connectivity index is 1.27. The quantitative estimate of drug-likeness (QED) is 0.635. The SMILES string of the molecule is COc1cccc(N2CCN(C(=O)CCc3nc(-c4cccs4)no3)CC2)c1. The third kappa shape index (κ3) is 4.17. The number of thiophene rings is 1. The van der Waals surface area contributed by atoms with Gasteiger partial charge in [-0.2, -0.15) is 4.98 Å². The van der Waals surface area contributed by atoms with Crippen molar-refractivity contribution in [1.29, 1.82) is 0 Å². The third-order valence-corrected chi connectivity index (χ3v) is 5.68. The van der Waals surface area contributed by atoms with Crippen LogP contribution in [0.5, 0.6) is 5.75 Å². The largest absolute Gasteiger partial charge is 0.497 e. The van der Waals surface area contributed by atoms with E-state index < -0.39 is 0 Å². The average molecular weight is 398 g/mol. The van der Waals surface area contributed by atoms with Gasteiger partial charge in [-0.05, 0) is 23.6 Å². The fourth-order valence-corrected chi connectivity index (χ4v) is 3.90. The maximum atomic E-state index is 12.6. The number of carbonyl (C=O) groups is 1. The molecule has 2 aromatic heterocycles. The summed E-state index contributed by atoms with van der Waals surface area (Å²) < 4.78 is 10.6. The Hall–Kier alpha value is -2.87. The van der Waals surface area contributed by atoms with Gasteiger partial charge in [0.15, 0.2) is 0 Å². The Morgan fingerprint density at radius 3 is 2.82 bits per heavy atom. The molecular formula is C20H22N4O3S. The van der Waals surface area contributed by atoms with Crippen molar-refractivity contribution in [3.63, 3.8) is 0 Å². The average Bonchev–Trinajstić information content (AvgIpc) is 3.44. The van der Waals surface area contributed by atoms with Crippen molar-refractivity contribution in [2.75, 3.05) is 38.2 Å². The van der Waals surface area contributed by atoms with Crippen LogP contribution in [0.3, 0.4) is 0 Å². The highest BCUT2D eigenvalue weighted by molar-refractivity contribution is 7.13. The van der Waals surface area contributed by atoms with Crippen molar-refractivity contribution in [1.82, 2.24) is 15.0 Å². The monoisotopic (exact) mass is 398 g/mol. The molecule has 1 fully saturated rings. The molecule has 1 aliphatic heterocycles. The van der Waals surface area contributed by atoms with Crippen molar-refractivity contribution in [3.8, 4) is 16.5 Å². The molecule has 0 N–H and O–H groups in total. The second-order valence-corrected chi connectivity index (χ2v) is 7.51. The topological polar surface area (TPSA) is 71.7 Å². The molecular weight excluding hydrogens is 376 g/mol. The molecule has 1 saturated heterocycles. The number of benzene rings is 1. The highest BCUT2D eigenvalue weighted by atomic mass is 32.1. The molecule has 0 radical (unpaired) electrons. The first-order chi connectivity index (χ1) is 13.7. The summed E-state index contributed by atoms with van der Waals surface area (Å²) in [7, 11) is 1.67. The summed E-state index contributed by atoms with van der Waals surface area (Å²) in [4.78, 5) is 22.1. The molecule has 0 aliphatic carbocycles. The minimum absolute atomic E-state index is 0.126. The van der Waals surface area contributed by atoms with Crippen LogP contribution in [0.1, 0.15) is 12.3 Å². The molecule has 3 heterocycles. The smallest absolute Gasteiger partial charge is 0.227 e. The number of hydrogen-bond donors (Lipinski definition) is 0. The van der Waals surface area contributed by atoms with Crippen molar-refractivity contribution in [2.24, 2.45) is 0 Å². The van der Waals surface area contributed by atoms with Gasteiger partial charge in [-0.3, -0.25) is 4.79 Å². The minimum Gasteiger partial charge on any atom is -0.497 e. The number of piperazine rings is 1. The van der Waals surface area contributed by atoms with E-state index in [9.17, 15) is 4.79 Å². The molecule has 0 saturated carbocycles. The van der Waals surface area contributed by atoms with Gasteiger partial charge in [0, 0.05) is 50.8 Å². The summed E-state index contributed by atoms with van der Waals surface area (Å²) >= 11 is 1.56. The van der Waals surface area contributed by atoms with E-state index in [1.165, 1.54) is 0 Å². The number of hydrogen-bond acceptors (Lipinski definition) is 7. The van der Waals surface area contributed by atoms with Crippen LogP contribution in [0, 0.1) is 0 Å². The van der Waals surface area contributed by atoms with Crippen LogP contribution in [-0.4, -0.2) is 54.2 Å². The van der Waals surface area contributed by atoms with Gasteiger partial charge in [-0.25, -0.2) is 0 Å². The summed E-state index contributed by atoms with van der Waals surface area (Å²) in [6.07, 6.45) is 0.846. The van der Waals surface area contributed by atoms with Crippen molar-refractivity contribution >= 4 is 22.9 Å². The van der Waals surface area contributed by atoms with Gasteiger partial charge in [0.1, 0.15) is 5.75 Å². The maximum Gasteiger partial charge on any atom is 0.227 e. The first-order valence-corrected chi connectivity index (χ1v) is 10.1. The van der Waals surface area contributed by atoms with E-state index >= 15 is 0 Å². The molecule has 0 atom stereocenters. The Morgan fingerprint density at radius 1 is 1.21 bits per heavy atom. The highest BCUT2D eigenvalue weighted by Crippen LogP contribution is 2.23. The van der Waals surface area contributed by atoms with Crippen molar-refractivity contribution in [3.05, 3.63) is 47.7 Å². The van der Waals surface area contributed by atoms with Gasteiger partial charge in [0.25, 0.3) is 0 Å². The number of ether oxygens (including phenoxy) is 1. The van der Waals surface area contributed by atoms with Gasteiger partial charge in [-0.15, -0.1) is 11.3 Å². The van der Waals surface area contributed by atoms with E-state index in [0.717, 1.165) is 29.4 Å². The lowest BCUT2D eigenvalue weighted by molar-refractivity contribution is -0.131. The van der Waals surface area contributed by atoms with Crippen LogP contribution in [-0.2, 0) is 11.2 Å². The maximum absolute atomic E-state index is 12.6. The van der Waals surface area contributed by atoms with Gasteiger partial charge in [0.2, 0.25) is 17.6 Å². The molecule has 146 valence electrons. The van der Waals surface area contributed by atoms with Crippen molar-refractivity contribution in [2.45, 2.75) is 12.8 Å². The molecule has 1 aromatic carbocycles. The summed E-state index contributed by atoms with van der Waals surface area (Å²) in [6.45, 7) is 3.03. The highest BCUT2D eigenvalue weighted by Gasteiger charge is 2.22. The standard InChI is InChI=1S/C20H22N4O3S/c1-26-16-5-2-4-15(14-16)23-9-11-24(12-10-23)19(25)8-7-18-21-20(22-27-18)17-6-3-13-28-17/h2-6,13-14H,7-12H2,1H3. The van der Waals surface area contributed by atoms with Gasteiger partial charge >= 0.3 is 0 Å². The predicted octanol–water partition coefficient (Wildman–Crippen LogP) is 3.09. The number of amides is 1. The van der Waals surface area contributed by atoms with Crippen LogP contribution < -0.4 is 9.64 Å². The molecule has 0 unspecified atom stereocenters. The Morgan fingerprint density at radius 2 is 2.07 bits per heavy atom. The summed E-state index contributed by atoms with van der Waals surface area (Å²) in [5.74, 6) is 2.06. The minimum atomic E-state index is 0.126. The zero-order chi connectivity index (χ0) is 19.3. The van der Waals surface area contributed by atoms with Gasteiger partial charge < -0.3 is 19.1 Å². The lowest BCUT2D eigenvalue weighted by Crippen LogP contribution is -2.48. The molecule has 0 bridgehead atoms. The molecule has 3 aromatic rings. The number of nitrogens with zero attached hydrogens (tertiary/aromatic N) is 4. The van der Waals surface area contributed by atoms with E-state index in [4.69, 9.17) is 9.26 Å². The van der Waals surface area contributed by atoms with Gasteiger partial charge in [-0.1, -0.05) is 17.3 Å². The fraction of sp³-hybridized carbons (Fsp3) is 0.350. The summed E-state index contributed by atoms with van der Waals surface area (Å²) in [6, 6.07) is 11.9. The lowest BCUT2D eigenvalue weighted by Gasteiger charge is -2.36. The molecule has 28 heavy (non-hydrogen) atoms. The van der Waals surface area contributed by atoms with Gasteiger partial charge in [0.05, 0.1) is 12.0 Å². The number of aryl methyl sites for hydroxylation is 1. The molecule has 7 nitrogen and oxygen atoms in total. The molecule has 4 rings (SSSR count). The van der Waals surface area contributed by atoms with Crippen molar-refractivity contribution < 1.29 is 14.1 Å². The normalized spacial score (nSPS) is 14.3. The molecule has 1 aliphatic rings. The fourth-order valence-electron chi connectivity index (χ4n) is 3.26. The third-order valence-electron chi connectivity index (χ3n) is 4.81. The van der Waals surface area contributed by atoms with E-state index in [0.29, 0.717) is 37.6 Å². The van der Waals surface area contributed by atoms with E-state index in [-0.39, 0.29) is 5.91 Å².